The molecule has 0 saturated heterocycles. The van der Waals surface area contributed by atoms with E-state index in [1.54, 1.807) is 13.8 Å². The van der Waals surface area contributed by atoms with Crippen LogP contribution in [0, 0.1) is 6.92 Å². The summed E-state index contributed by atoms with van der Waals surface area (Å²) in [5, 5.41) is 24.1. The number of benzene rings is 1. The largest absolute Gasteiger partial charge is 0.507 e. The van der Waals surface area contributed by atoms with Gasteiger partial charge in [0.05, 0.1) is 11.1 Å². The number of phenolic OH excluding ortho intramolecular Hbond substituents is 2. The number of fused-ring (bicyclic) bond motifs is 3. The molecule has 0 fully saturated rings. The minimum Gasteiger partial charge on any atom is -0.507 e. The molecule has 0 bridgehead atoms. The molecular formula is C21H23NO6. The van der Waals surface area contributed by atoms with E-state index in [0.717, 1.165) is 0 Å². The molecule has 0 amide bonds. The summed E-state index contributed by atoms with van der Waals surface area (Å²) in [6, 6.07) is 0.00954. The van der Waals surface area contributed by atoms with Crippen molar-refractivity contribution < 1.29 is 29.3 Å². The summed E-state index contributed by atoms with van der Waals surface area (Å²) >= 11 is 0. The quantitative estimate of drug-likeness (QED) is 0.416. The van der Waals surface area contributed by atoms with Crippen LogP contribution in [0.15, 0.2) is 23.1 Å². The molecule has 1 aromatic carbocycles. The zero-order chi connectivity index (χ0) is 21.1. The summed E-state index contributed by atoms with van der Waals surface area (Å²) in [5.74, 6) is -2.32. The summed E-state index contributed by atoms with van der Waals surface area (Å²) in [7, 11) is 0. The first kappa shape index (κ1) is 19.7. The maximum absolute atomic E-state index is 13.5. The maximum Gasteiger partial charge on any atom is 0.194 e. The molecule has 7 heteroatoms. The summed E-state index contributed by atoms with van der Waals surface area (Å²) in [5.41, 5.74) is -1.04. The van der Waals surface area contributed by atoms with Gasteiger partial charge in [0, 0.05) is 23.4 Å². The molecule has 148 valence electrons. The summed E-state index contributed by atoms with van der Waals surface area (Å²) in [6.45, 7) is 9.66. The highest BCUT2D eigenvalue weighted by molar-refractivity contribution is 6.31. The Morgan fingerprint density at radius 2 is 1.79 bits per heavy atom. The average molecular weight is 385 g/mol. The second kappa shape index (κ2) is 6.22. The molecule has 1 atom stereocenters. The number of carbonyl (C=O) groups excluding carboxylic acids is 3. The Bertz CT molecular complexity index is 1010. The number of phenols is 2. The van der Waals surface area contributed by atoms with Crippen LogP contribution in [0.3, 0.4) is 0 Å². The predicted molar refractivity (Wildman–Crippen MR) is 102 cm³/mol. The van der Waals surface area contributed by atoms with E-state index >= 15 is 0 Å². The molecule has 1 heterocycles. The van der Waals surface area contributed by atoms with Gasteiger partial charge in [0.2, 0.25) is 0 Å². The molecule has 3 N–H and O–H groups in total. The lowest BCUT2D eigenvalue weighted by Gasteiger charge is -2.29. The topological polar surface area (TPSA) is 113 Å². The van der Waals surface area contributed by atoms with Gasteiger partial charge in [-0.15, -0.1) is 0 Å². The SMILES string of the molecule is CC(=O)c1c(O)c(C)c(O)c2c1OC1=CC(=O)C(=C(C)NC(C)C)C(=O)C12C. The Balaban J connectivity index is 2.35. The molecular weight excluding hydrogens is 362 g/mol. The Labute approximate surface area is 162 Å². The van der Waals surface area contributed by atoms with Crippen molar-refractivity contribution in [2.45, 2.75) is 53.0 Å². The molecule has 2 aliphatic rings. The Hall–Kier alpha value is -3.09. The zero-order valence-corrected chi connectivity index (χ0v) is 16.7. The van der Waals surface area contributed by atoms with Gasteiger partial charge in [-0.1, -0.05) is 0 Å². The molecule has 0 radical (unpaired) electrons. The van der Waals surface area contributed by atoms with Crippen LogP contribution < -0.4 is 10.1 Å². The van der Waals surface area contributed by atoms with Crippen LogP contribution in [-0.4, -0.2) is 33.6 Å². The Kier molecular flexibility index (Phi) is 4.37. The number of ether oxygens (including phenoxy) is 1. The lowest BCUT2D eigenvalue weighted by atomic mass is 9.70. The minimum atomic E-state index is -1.48. The van der Waals surface area contributed by atoms with Crippen molar-refractivity contribution in [3.05, 3.63) is 39.8 Å². The summed E-state index contributed by atoms with van der Waals surface area (Å²) in [4.78, 5) is 38.2. The fourth-order valence-electron chi connectivity index (χ4n) is 3.87. The van der Waals surface area contributed by atoms with Crippen molar-refractivity contribution >= 4 is 17.3 Å². The first-order valence-corrected chi connectivity index (χ1v) is 8.99. The van der Waals surface area contributed by atoms with Crippen LogP contribution in [0.25, 0.3) is 0 Å². The van der Waals surface area contributed by atoms with Gasteiger partial charge >= 0.3 is 0 Å². The third-order valence-corrected chi connectivity index (χ3v) is 5.26. The van der Waals surface area contributed by atoms with E-state index < -0.39 is 28.5 Å². The van der Waals surface area contributed by atoms with Gasteiger partial charge in [0.25, 0.3) is 0 Å². The van der Waals surface area contributed by atoms with Gasteiger partial charge in [-0.05, 0) is 41.5 Å². The van der Waals surface area contributed by atoms with Crippen LogP contribution in [0.4, 0.5) is 0 Å². The van der Waals surface area contributed by atoms with Gasteiger partial charge in [-0.3, -0.25) is 14.4 Å². The number of nitrogens with one attached hydrogen (secondary N) is 1. The van der Waals surface area contributed by atoms with Crippen molar-refractivity contribution in [3.8, 4) is 17.2 Å². The van der Waals surface area contributed by atoms with Gasteiger partial charge in [0.15, 0.2) is 17.3 Å². The highest BCUT2D eigenvalue weighted by Crippen LogP contribution is 2.57. The first-order valence-electron chi connectivity index (χ1n) is 8.99. The predicted octanol–water partition coefficient (Wildman–Crippen LogP) is 2.57. The monoisotopic (exact) mass is 385 g/mol. The zero-order valence-electron chi connectivity index (χ0n) is 16.7. The van der Waals surface area contributed by atoms with Crippen molar-refractivity contribution in [1.29, 1.82) is 0 Å². The summed E-state index contributed by atoms with van der Waals surface area (Å²) < 4.78 is 5.71. The molecule has 0 saturated carbocycles. The number of hydrogen-bond donors (Lipinski definition) is 3. The van der Waals surface area contributed by atoms with Crippen molar-refractivity contribution in [1.82, 2.24) is 5.32 Å². The van der Waals surface area contributed by atoms with Gasteiger partial charge in [-0.25, -0.2) is 0 Å². The smallest absolute Gasteiger partial charge is 0.194 e. The van der Waals surface area contributed by atoms with Crippen LogP contribution in [0.1, 0.15) is 56.1 Å². The maximum atomic E-state index is 13.5. The molecule has 0 aromatic heterocycles. The van der Waals surface area contributed by atoms with Crippen LogP contribution in [0.2, 0.25) is 0 Å². The molecule has 1 unspecified atom stereocenters. The second-order valence-electron chi connectivity index (χ2n) is 7.69. The van der Waals surface area contributed by atoms with E-state index in [4.69, 9.17) is 4.74 Å². The van der Waals surface area contributed by atoms with Crippen LogP contribution in [0.5, 0.6) is 17.2 Å². The molecule has 1 aliphatic carbocycles. The number of allylic oxidation sites excluding steroid dienone is 4. The van der Waals surface area contributed by atoms with Crippen molar-refractivity contribution in [2.75, 3.05) is 0 Å². The van der Waals surface area contributed by atoms with Crippen LogP contribution >= 0.6 is 0 Å². The number of rotatable bonds is 3. The van der Waals surface area contributed by atoms with E-state index in [1.807, 2.05) is 13.8 Å². The molecule has 28 heavy (non-hydrogen) atoms. The molecule has 7 nitrogen and oxygen atoms in total. The fraction of sp³-hybridized carbons (Fsp3) is 0.381. The van der Waals surface area contributed by atoms with Crippen molar-refractivity contribution in [2.24, 2.45) is 0 Å². The van der Waals surface area contributed by atoms with E-state index in [1.165, 1.54) is 19.9 Å². The van der Waals surface area contributed by atoms with E-state index in [0.29, 0.717) is 5.70 Å². The van der Waals surface area contributed by atoms with E-state index in [-0.39, 0.29) is 45.6 Å². The highest BCUT2D eigenvalue weighted by Gasteiger charge is 2.56. The normalized spacial score (nSPS) is 22.5. The third kappa shape index (κ3) is 2.46. The lowest BCUT2D eigenvalue weighted by molar-refractivity contribution is -0.123. The third-order valence-electron chi connectivity index (χ3n) is 5.26. The molecule has 0 spiro atoms. The van der Waals surface area contributed by atoms with Gasteiger partial charge < -0.3 is 20.3 Å². The average Bonchev–Trinajstić information content (AvgIpc) is 2.85. The van der Waals surface area contributed by atoms with E-state index in [2.05, 4.69) is 5.32 Å². The highest BCUT2D eigenvalue weighted by atomic mass is 16.5. The van der Waals surface area contributed by atoms with Crippen molar-refractivity contribution in [3.63, 3.8) is 0 Å². The van der Waals surface area contributed by atoms with Gasteiger partial charge in [-0.2, -0.15) is 0 Å². The number of aromatic hydroxyl groups is 2. The van der Waals surface area contributed by atoms with Gasteiger partial charge in [0.1, 0.15) is 34.0 Å². The molecule has 3 rings (SSSR count). The second-order valence-corrected chi connectivity index (χ2v) is 7.69. The Morgan fingerprint density at radius 3 is 2.32 bits per heavy atom. The number of Topliss-reactive ketones (excluding diaryl/α,β-unsaturated/α-hetero) is 2. The number of hydrogen-bond acceptors (Lipinski definition) is 7. The van der Waals surface area contributed by atoms with E-state index in [9.17, 15) is 24.6 Å². The number of carbonyl (C=O) groups is 3. The summed E-state index contributed by atoms with van der Waals surface area (Å²) in [6.07, 6.45) is 1.21. The fourth-order valence-corrected chi connectivity index (χ4v) is 3.87. The lowest BCUT2D eigenvalue weighted by Crippen LogP contribution is -2.41. The molecule has 1 aliphatic heterocycles. The minimum absolute atomic E-state index is 0.00954. The Morgan fingerprint density at radius 1 is 1.18 bits per heavy atom. The standard InChI is InChI=1S/C21H23NO6/c1-8(2)22-10(4)14-12(24)7-13-21(6,20(14)27)16-18(26)9(3)17(25)15(11(5)23)19(16)28-13/h7-8,22,25-26H,1-6H3. The molecule has 1 aromatic rings. The van der Waals surface area contributed by atoms with Crippen LogP contribution in [-0.2, 0) is 15.0 Å². The first-order chi connectivity index (χ1) is 12.9. The number of ketones is 3.